The number of aryl methyl sites for hydroxylation is 1. The highest BCUT2D eigenvalue weighted by molar-refractivity contribution is 5.66. The molecule has 0 aliphatic rings. The van der Waals surface area contributed by atoms with Crippen molar-refractivity contribution in [1.29, 1.82) is 0 Å². The largest absolute Gasteiger partial charge is 0.496 e. The molecule has 0 bridgehead atoms. The van der Waals surface area contributed by atoms with Gasteiger partial charge in [-0.2, -0.15) is 0 Å². The third kappa shape index (κ3) is 3.36. The predicted molar refractivity (Wildman–Crippen MR) is 86.7 cm³/mol. The molecule has 0 saturated heterocycles. The molecule has 122 valence electrons. The first-order chi connectivity index (χ1) is 11.0. The molecule has 6 nitrogen and oxygen atoms in total. The van der Waals surface area contributed by atoms with E-state index in [-0.39, 0.29) is 17.2 Å². The Morgan fingerprint density at radius 2 is 1.61 bits per heavy atom. The van der Waals surface area contributed by atoms with E-state index in [4.69, 9.17) is 14.2 Å². The van der Waals surface area contributed by atoms with Gasteiger partial charge in [-0.3, -0.25) is 10.1 Å². The van der Waals surface area contributed by atoms with Gasteiger partial charge in [0.15, 0.2) is 0 Å². The Bertz CT molecular complexity index is 710. The fourth-order valence-electron chi connectivity index (χ4n) is 2.45. The van der Waals surface area contributed by atoms with Gasteiger partial charge in [-0.25, -0.2) is 0 Å². The van der Waals surface area contributed by atoms with Gasteiger partial charge in [0.2, 0.25) is 11.5 Å². The average Bonchev–Trinajstić information content (AvgIpc) is 2.55. The molecule has 0 amide bonds. The third-order valence-electron chi connectivity index (χ3n) is 3.61. The molecule has 6 heteroatoms. The van der Waals surface area contributed by atoms with E-state index >= 15 is 0 Å². The zero-order chi connectivity index (χ0) is 17.0. The Morgan fingerprint density at radius 1 is 1.00 bits per heavy atom. The molecule has 0 aromatic heterocycles. The van der Waals surface area contributed by atoms with Crippen molar-refractivity contribution < 1.29 is 19.1 Å². The van der Waals surface area contributed by atoms with Gasteiger partial charge >= 0.3 is 5.69 Å². The van der Waals surface area contributed by atoms with E-state index in [2.05, 4.69) is 0 Å². The number of hydrogen-bond donors (Lipinski definition) is 0. The number of hydrogen-bond acceptors (Lipinski definition) is 5. The molecular formula is C17H19NO5. The van der Waals surface area contributed by atoms with Crippen molar-refractivity contribution in [3.63, 3.8) is 0 Å². The van der Waals surface area contributed by atoms with Crippen molar-refractivity contribution in [2.75, 3.05) is 21.3 Å². The average molecular weight is 317 g/mol. The van der Waals surface area contributed by atoms with E-state index in [1.807, 2.05) is 31.2 Å². The minimum Gasteiger partial charge on any atom is -0.496 e. The van der Waals surface area contributed by atoms with Crippen LogP contribution in [0.25, 0.3) is 0 Å². The number of nitro benzene ring substituents is 1. The summed E-state index contributed by atoms with van der Waals surface area (Å²) in [7, 11) is 4.29. The summed E-state index contributed by atoms with van der Waals surface area (Å²) < 4.78 is 15.8. The number of ether oxygens (including phenoxy) is 3. The van der Waals surface area contributed by atoms with E-state index in [1.165, 1.54) is 27.4 Å². The van der Waals surface area contributed by atoms with Crippen LogP contribution < -0.4 is 14.2 Å². The quantitative estimate of drug-likeness (QED) is 0.602. The highest BCUT2D eigenvalue weighted by Gasteiger charge is 2.29. The maximum Gasteiger partial charge on any atom is 0.352 e. The lowest BCUT2D eigenvalue weighted by Crippen LogP contribution is -2.04. The maximum atomic E-state index is 11.4. The first-order valence-corrected chi connectivity index (χ1v) is 7.03. The molecule has 0 atom stereocenters. The van der Waals surface area contributed by atoms with Crippen LogP contribution in [-0.4, -0.2) is 26.3 Å². The van der Waals surface area contributed by atoms with Gasteiger partial charge in [0.05, 0.1) is 26.3 Å². The Hall–Kier alpha value is -2.76. The zero-order valence-corrected chi connectivity index (χ0v) is 13.6. The van der Waals surface area contributed by atoms with Crippen LogP contribution in [0.15, 0.2) is 30.3 Å². The molecule has 2 aromatic rings. The van der Waals surface area contributed by atoms with Gasteiger partial charge in [0.25, 0.3) is 0 Å². The van der Waals surface area contributed by atoms with E-state index in [0.29, 0.717) is 17.7 Å². The fraction of sp³-hybridized carbons (Fsp3) is 0.294. The first-order valence-electron chi connectivity index (χ1n) is 7.03. The number of methoxy groups -OCH3 is 3. The lowest BCUT2D eigenvalue weighted by molar-refractivity contribution is -0.386. The summed E-state index contributed by atoms with van der Waals surface area (Å²) in [6.45, 7) is 2.00. The molecule has 2 rings (SSSR count). The van der Waals surface area contributed by atoms with Crippen molar-refractivity contribution in [2.24, 2.45) is 0 Å². The van der Waals surface area contributed by atoms with Gasteiger partial charge < -0.3 is 14.2 Å². The second-order valence-corrected chi connectivity index (χ2v) is 5.06. The van der Waals surface area contributed by atoms with Crippen LogP contribution >= 0.6 is 0 Å². The Morgan fingerprint density at radius 3 is 2.09 bits per heavy atom. The topological polar surface area (TPSA) is 70.8 Å². The molecule has 0 saturated carbocycles. The van der Waals surface area contributed by atoms with Gasteiger partial charge in [-0.05, 0) is 12.5 Å². The summed E-state index contributed by atoms with van der Waals surface area (Å²) in [6.07, 6.45) is 0.456. The van der Waals surface area contributed by atoms with Crippen molar-refractivity contribution in [2.45, 2.75) is 13.3 Å². The summed E-state index contributed by atoms with van der Waals surface area (Å²) in [6, 6.07) is 9.46. The van der Waals surface area contributed by atoms with E-state index in [9.17, 15) is 10.1 Å². The van der Waals surface area contributed by atoms with E-state index < -0.39 is 4.92 Å². The molecule has 0 N–H and O–H groups in total. The molecule has 0 aliphatic carbocycles. The maximum absolute atomic E-state index is 11.4. The molecule has 0 spiro atoms. The second kappa shape index (κ2) is 7.00. The monoisotopic (exact) mass is 317 g/mol. The van der Waals surface area contributed by atoms with Gasteiger partial charge in [0.1, 0.15) is 5.75 Å². The van der Waals surface area contributed by atoms with Crippen LogP contribution in [0.3, 0.4) is 0 Å². The van der Waals surface area contributed by atoms with Gasteiger partial charge in [-0.1, -0.05) is 29.8 Å². The van der Waals surface area contributed by atoms with Crippen LogP contribution in [0.5, 0.6) is 17.2 Å². The van der Waals surface area contributed by atoms with Crippen molar-refractivity contribution in [3.8, 4) is 17.2 Å². The highest BCUT2D eigenvalue weighted by atomic mass is 16.6. The molecule has 0 radical (unpaired) electrons. The summed E-state index contributed by atoms with van der Waals surface area (Å²) in [4.78, 5) is 10.9. The van der Waals surface area contributed by atoms with Gasteiger partial charge in [0, 0.05) is 18.1 Å². The Labute approximate surface area is 134 Å². The number of nitrogens with zero attached hydrogens (tertiary/aromatic N) is 1. The van der Waals surface area contributed by atoms with Crippen LogP contribution in [0, 0.1) is 17.0 Å². The Kier molecular flexibility index (Phi) is 5.05. The molecule has 0 aliphatic heterocycles. The zero-order valence-electron chi connectivity index (χ0n) is 13.6. The van der Waals surface area contributed by atoms with Crippen LogP contribution in [0.1, 0.15) is 16.7 Å². The van der Waals surface area contributed by atoms with Crippen molar-refractivity contribution in [3.05, 3.63) is 57.1 Å². The van der Waals surface area contributed by atoms with Crippen LogP contribution in [-0.2, 0) is 6.42 Å². The standard InChI is InChI=1S/C17H19NO5/c1-11-5-7-12(8-6-11)9-13-14(21-2)10-15(22-3)16(18(19)20)17(13)23-4/h5-8,10H,9H2,1-4H3. The minimum absolute atomic E-state index is 0.108. The van der Waals surface area contributed by atoms with Crippen LogP contribution in [0.4, 0.5) is 5.69 Å². The molecule has 2 aromatic carbocycles. The fourth-order valence-corrected chi connectivity index (χ4v) is 2.45. The van der Waals surface area contributed by atoms with E-state index in [1.54, 1.807) is 0 Å². The van der Waals surface area contributed by atoms with E-state index in [0.717, 1.165) is 11.1 Å². The van der Waals surface area contributed by atoms with Crippen molar-refractivity contribution >= 4 is 5.69 Å². The Balaban J connectivity index is 2.62. The first kappa shape index (κ1) is 16.6. The smallest absolute Gasteiger partial charge is 0.352 e. The summed E-state index contributed by atoms with van der Waals surface area (Å²) in [5.41, 5.74) is 2.57. The molecule has 23 heavy (non-hydrogen) atoms. The second-order valence-electron chi connectivity index (χ2n) is 5.06. The summed E-state index contributed by atoms with van der Waals surface area (Å²) >= 11 is 0. The summed E-state index contributed by atoms with van der Waals surface area (Å²) in [5.74, 6) is 0.757. The SMILES string of the molecule is COc1cc(OC)c([N+](=O)[O-])c(OC)c1Cc1ccc(C)cc1. The minimum atomic E-state index is -0.504. The lowest BCUT2D eigenvalue weighted by Gasteiger charge is -2.15. The van der Waals surface area contributed by atoms with Gasteiger partial charge in [-0.15, -0.1) is 0 Å². The number of rotatable bonds is 6. The molecule has 0 fully saturated rings. The highest BCUT2D eigenvalue weighted by Crippen LogP contribution is 2.45. The number of nitro groups is 1. The van der Waals surface area contributed by atoms with Crippen molar-refractivity contribution in [1.82, 2.24) is 0 Å². The number of benzene rings is 2. The molecule has 0 unspecified atom stereocenters. The normalized spacial score (nSPS) is 10.3. The third-order valence-corrected chi connectivity index (χ3v) is 3.61. The predicted octanol–water partition coefficient (Wildman–Crippen LogP) is 3.52. The lowest BCUT2D eigenvalue weighted by atomic mass is 10.0. The molecular weight excluding hydrogens is 298 g/mol. The van der Waals surface area contributed by atoms with Crippen LogP contribution in [0.2, 0.25) is 0 Å². The molecule has 0 heterocycles. The summed E-state index contributed by atoms with van der Waals surface area (Å²) in [5, 5.41) is 11.4.